The standard InChI is InChI=1S/C18H15N5O4.C3H8/c1-9(15-17-16(22-8-21-15)11(6-20-17)18(25)26)19-5-10-2-3-13-12(4-10)23-14(24)7-27-13;1-3-2/h2-4,6,8,19-20H,1,5,7H2,(H,23,24)(H,25,26);3H2,1-2H3. The first-order valence-electron chi connectivity index (χ1n) is 9.48. The lowest BCUT2D eigenvalue weighted by Gasteiger charge is -2.19. The lowest BCUT2D eigenvalue weighted by molar-refractivity contribution is -0.118. The number of hydrogen-bond acceptors (Lipinski definition) is 6. The summed E-state index contributed by atoms with van der Waals surface area (Å²) in [6.07, 6.45) is 3.93. The second kappa shape index (κ2) is 9.08. The first-order valence-corrected chi connectivity index (χ1v) is 9.48. The molecular weight excluding hydrogens is 386 g/mol. The Labute approximate surface area is 173 Å². The number of carbonyl (C=O) groups excluding carboxylic acids is 1. The zero-order valence-electron chi connectivity index (χ0n) is 16.8. The lowest BCUT2D eigenvalue weighted by Crippen LogP contribution is -2.25. The number of aromatic nitrogens is 3. The molecular formula is C21H23N5O4. The maximum atomic E-state index is 11.4. The number of aromatic carboxylic acids is 1. The number of carboxylic acids is 1. The summed E-state index contributed by atoms with van der Waals surface area (Å²) in [5.74, 6) is -0.633. The zero-order chi connectivity index (χ0) is 21.7. The molecule has 0 unspecified atom stereocenters. The zero-order valence-corrected chi connectivity index (χ0v) is 16.8. The highest BCUT2D eigenvalue weighted by Crippen LogP contribution is 2.28. The SMILES string of the molecule is C=C(NCc1ccc2c(c1)NC(=O)CO2)c1ncnc2c(C(=O)O)c[nH]c12.CCC. The van der Waals surface area contributed by atoms with Gasteiger partial charge < -0.3 is 25.5 Å². The van der Waals surface area contributed by atoms with Crippen LogP contribution in [0.5, 0.6) is 5.75 Å². The van der Waals surface area contributed by atoms with Crippen molar-refractivity contribution in [2.45, 2.75) is 26.8 Å². The number of nitrogens with one attached hydrogen (secondary N) is 3. The number of ether oxygens (including phenoxy) is 1. The third kappa shape index (κ3) is 4.40. The molecule has 0 bridgehead atoms. The Bertz CT molecular complexity index is 1110. The maximum Gasteiger partial charge on any atom is 0.339 e. The van der Waals surface area contributed by atoms with Gasteiger partial charge in [-0.2, -0.15) is 0 Å². The van der Waals surface area contributed by atoms with Gasteiger partial charge in [0.15, 0.2) is 6.61 Å². The number of aromatic amines is 1. The van der Waals surface area contributed by atoms with E-state index >= 15 is 0 Å². The molecule has 0 fully saturated rings. The van der Waals surface area contributed by atoms with Gasteiger partial charge >= 0.3 is 5.97 Å². The molecule has 2 aromatic heterocycles. The van der Waals surface area contributed by atoms with Crippen LogP contribution < -0.4 is 15.4 Å². The largest absolute Gasteiger partial charge is 0.482 e. The van der Waals surface area contributed by atoms with E-state index in [9.17, 15) is 14.7 Å². The van der Waals surface area contributed by atoms with E-state index in [0.29, 0.717) is 40.4 Å². The number of nitrogens with zero attached hydrogens (tertiary/aromatic N) is 2. The summed E-state index contributed by atoms with van der Waals surface area (Å²) in [6.45, 7) is 8.67. The first-order chi connectivity index (χ1) is 14.4. The summed E-state index contributed by atoms with van der Waals surface area (Å²) >= 11 is 0. The number of fused-ring (bicyclic) bond motifs is 2. The van der Waals surface area contributed by atoms with Gasteiger partial charge in [-0.3, -0.25) is 4.79 Å². The predicted molar refractivity (Wildman–Crippen MR) is 113 cm³/mol. The molecule has 4 rings (SSSR count). The third-order valence-corrected chi connectivity index (χ3v) is 4.16. The Morgan fingerprint density at radius 1 is 1.33 bits per heavy atom. The Morgan fingerprint density at radius 2 is 2.10 bits per heavy atom. The number of anilines is 1. The van der Waals surface area contributed by atoms with E-state index in [1.807, 2.05) is 12.1 Å². The van der Waals surface area contributed by atoms with E-state index in [2.05, 4.69) is 46.0 Å². The molecule has 0 spiro atoms. The average Bonchev–Trinajstić information content (AvgIpc) is 3.17. The normalized spacial score (nSPS) is 12.1. The second-order valence-corrected chi connectivity index (χ2v) is 6.66. The first kappa shape index (κ1) is 20.8. The fourth-order valence-electron chi connectivity index (χ4n) is 2.86. The molecule has 9 nitrogen and oxygen atoms in total. The molecule has 0 saturated heterocycles. The van der Waals surface area contributed by atoms with Crippen LogP contribution in [-0.4, -0.2) is 38.5 Å². The highest BCUT2D eigenvalue weighted by Gasteiger charge is 2.18. The smallest absolute Gasteiger partial charge is 0.339 e. The van der Waals surface area contributed by atoms with Crippen LogP contribution in [0.4, 0.5) is 5.69 Å². The van der Waals surface area contributed by atoms with Crippen molar-refractivity contribution in [3.63, 3.8) is 0 Å². The van der Waals surface area contributed by atoms with Crippen LogP contribution in [0.25, 0.3) is 16.7 Å². The van der Waals surface area contributed by atoms with E-state index in [4.69, 9.17) is 4.74 Å². The minimum atomic E-state index is -1.07. The quantitative estimate of drug-likeness (QED) is 0.509. The molecule has 1 aromatic carbocycles. The highest BCUT2D eigenvalue weighted by atomic mass is 16.5. The molecule has 3 aromatic rings. The van der Waals surface area contributed by atoms with Crippen LogP contribution in [0, 0.1) is 0 Å². The van der Waals surface area contributed by atoms with Gasteiger partial charge in [-0.1, -0.05) is 32.9 Å². The number of H-pyrrole nitrogens is 1. The predicted octanol–water partition coefficient (Wildman–Crippen LogP) is 3.16. The highest BCUT2D eigenvalue weighted by molar-refractivity contribution is 6.03. The van der Waals surface area contributed by atoms with Crippen molar-refractivity contribution in [2.75, 3.05) is 11.9 Å². The Hall–Kier alpha value is -3.88. The number of carbonyl (C=O) groups is 2. The second-order valence-electron chi connectivity index (χ2n) is 6.66. The van der Waals surface area contributed by atoms with Gasteiger partial charge in [0.2, 0.25) is 0 Å². The van der Waals surface area contributed by atoms with Crippen molar-refractivity contribution in [2.24, 2.45) is 0 Å². The van der Waals surface area contributed by atoms with Crippen LogP contribution in [0.2, 0.25) is 0 Å². The number of hydrogen-bond donors (Lipinski definition) is 4. The maximum absolute atomic E-state index is 11.4. The summed E-state index contributed by atoms with van der Waals surface area (Å²) < 4.78 is 5.34. The summed E-state index contributed by atoms with van der Waals surface area (Å²) in [7, 11) is 0. The number of carboxylic acid groups (broad SMARTS) is 1. The summed E-state index contributed by atoms with van der Waals surface area (Å²) in [5.41, 5.74) is 3.43. The van der Waals surface area contributed by atoms with E-state index in [1.54, 1.807) is 6.07 Å². The van der Waals surface area contributed by atoms with Crippen molar-refractivity contribution < 1.29 is 19.4 Å². The van der Waals surface area contributed by atoms with Crippen molar-refractivity contribution in [3.8, 4) is 5.75 Å². The Balaban J connectivity index is 0.000000806. The van der Waals surface area contributed by atoms with Gasteiger partial charge in [0, 0.05) is 12.7 Å². The summed E-state index contributed by atoms with van der Waals surface area (Å²) in [4.78, 5) is 33.8. The van der Waals surface area contributed by atoms with Crippen LogP contribution in [0.3, 0.4) is 0 Å². The van der Waals surface area contributed by atoms with Gasteiger partial charge in [0.25, 0.3) is 5.91 Å². The van der Waals surface area contributed by atoms with E-state index in [0.717, 1.165) is 5.56 Å². The molecule has 1 aliphatic rings. The van der Waals surface area contributed by atoms with Crippen LogP contribution in [0.1, 0.15) is 41.9 Å². The summed E-state index contributed by atoms with van der Waals surface area (Å²) in [6, 6.07) is 5.49. The number of rotatable bonds is 5. The van der Waals surface area contributed by atoms with Gasteiger partial charge in [-0.05, 0) is 17.7 Å². The molecule has 9 heteroatoms. The van der Waals surface area contributed by atoms with Crippen LogP contribution in [-0.2, 0) is 11.3 Å². The summed E-state index contributed by atoms with van der Waals surface area (Å²) in [5, 5.41) is 15.1. The average molecular weight is 409 g/mol. The lowest BCUT2D eigenvalue weighted by atomic mass is 10.1. The number of benzene rings is 1. The fourth-order valence-corrected chi connectivity index (χ4v) is 2.86. The van der Waals surface area contributed by atoms with Crippen molar-refractivity contribution in [1.82, 2.24) is 20.3 Å². The number of amides is 1. The fraction of sp³-hybridized carbons (Fsp3) is 0.238. The molecule has 0 atom stereocenters. The minimum absolute atomic E-state index is 0.0135. The van der Waals surface area contributed by atoms with Gasteiger partial charge in [-0.15, -0.1) is 0 Å². The monoisotopic (exact) mass is 409 g/mol. The molecule has 0 aliphatic carbocycles. The topological polar surface area (TPSA) is 129 Å². The van der Waals surface area contributed by atoms with Gasteiger partial charge in [0.1, 0.15) is 28.9 Å². The van der Waals surface area contributed by atoms with Gasteiger partial charge in [-0.25, -0.2) is 14.8 Å². The van der Waals surface area contributed by atoms with E-state index < -0.39 is 5.97 Å². The molecule has 1 amide bonds. The Kier molecular flexibility index (Phi) is 6.31. The molecule has 1 aliphatic heterocycles. The van der Waals surface area contributed by atoms with Crippen LogP contribution in [0.15, 0.2) is 37.3 Å². The molecule has 0 saturated carbocycles. The van der Waals surface area contributed by atoms with E-state index in [1.165, 1.54) is 18.9 Å². The van der Waals surface area contributed by atoms with Crippen molar-refractivity contribution in [3.05, 3.63) is 54.1 Å². The van der Waals surface area contributed by atoms with E-state index in [-0.39, 0.29) is 18.1 Å². The molecule has 30 heavy (non-hydrogen) atoms. The molecule has 4 N–H and O–H groups in total. The van der Waals surface area contributed by atoms with Crippen LogP contribution >= 0.6 is 0 Å². The molecule has 3 heterocycles. The third-order valence-electron chi connectivity index (χ3n) is 4.16. The van der Waals surface area contributed by atoms with Gasteiger partial charge in [0.05, 0.1) is 16.9 Å². The molecule has 156 valence electrons. The van der Waals surface area contributed by atoms with Crippen molar-refractivity contribution in [1.29, 1.82) is 0 Å². The Morgan fingerprint density at radius 3 is 2.83 bits per heavy atom. The van der Waals surface area contributed by atoms with Crippen molar-refractivity contribution >= 4 is 34.3 Å². The minimum Gasteiger partial charge on any atom is -0.482 e. The molecule has 0 radical (unpaired) electrons.